The molecule has 3 saturated heterocycles. The molecule has 3 aliphatic heterocycles. The van der Waals surface area contributed by atoms with Gasteiger partial charge in [-0.25, -0.2) is 0 Å². The van der Waals surface area contributed by atoms with E-state index in [1.807, 2.05) is 0 Å². The maximum absolute atomic E-state index is 2.96. The summed E-state index contributed by atoms with van der Waals surface area (Å²) in [6.07, 6.45) is 11.7. The van der Waals surface area contributed by atoms with E-state index < -0.39 is 0 Å². The first-order valence-electron chi connectivity index (χ1n) is 11.3. The maximum atomic E-state index is 2.96. The maximum Gasteiger partial charge on any atom is 0.0227 e. The van der Waals surface area contributed by atoms with Gasteiger partial charge in [0.05, 0.1) is 0 Å². The summed E-state index contributed by atoms with van der Waals surface area (Å²) in [5.74, 6) is 1.94. The summed E-state index contributed by atoms with van der Waals surface area (Å²) >= 11 is 0. The molecule has 0 spiro atoms. The SMILES string of the molecule is CC1CCC(N2CC3CCC(C2)N3CC2CCN(C(C)C)CC2)CC1. The first-order valence-corrected chi connectivity index (χ1v) is 11.3. The summed E-state index contributed by atoms with van der Waals surface area (Å²) in [6.45, 7) is 14.0. The van der Waals surface area contributed by atoms with E-state index in [1.54, 1.807) is 0 Å². The van der Waals surface area contributed by atoms with E-state index in [0.717, 1.165) is 36.0 Å². The van der Waals surface area contributed by atoms with Crippen LogP contribution < -0.4 is 0 Å². The van der Waals surface area contributed by atoms with Crippen LogP contribution in [0.3, 0.4) is 0 Å². The molecule has 0 N–H and O–H groups in total. The summed E-state index contributed by atoms with van der Waals surface area (Å²) in [5, 5.41) is 0. The van der Waals surface area contributed by atoms with Crippen LogP contribution in [0.15, 0.2) is 0 Å². The highest BCUT2D eigenvalue weighted by molar-refractivity contribution is 4.99. The number of hydrogen-bond acceptors (Lipinski definition) is 3. The van der Waals surface area contributed by atoms with Crippen LogP contribution in [0, 0.1) is 11.8 Å². The largest absolute Gasteiger partial charge is 0.301 e. The Labute approximate surface area is 156 Å². The predicted octanol–water partition coefficient (Wildman–Crippen LogP) is 3.83. The van der Waals surface area contributed by atoms with Crippen LogP contribution in [0.2, 0.25) is 0 Å². The first kappa shape index (κ1) is 18.3. The normalized spacial score (nSPS) is 39.4. The zero-order valence-electron chi connectivity index (χ0n) is 17.0. The van der Waals surface area contributed by atoms with Crippen molar-refractivity contribution in [1.82, 2.24) is 14.7 Å². The lowest BCUT2D eigenvalue weighted by molar-refractivity contribution is 0.0106. The Morgan fingerprint density at radius 1 is 0.760 bits per heavy atom. The Morgan fingerprint density at radius 3 is 1.88 bits per heavy atom. The van der Waals surface area contributed by atoms with E-state index in [2.05, 4.69) is 35.5 Å². The average Bonchev–Trinajstić information content (AvgIpc) is 2.84. The number of piperazine rings is 1. The van der Waals surface area contributed by atoms with Crippen molar-refractivity contribution in [2.45, 2.75) is 96.3 Å². The number of rotatable bonds is 4. The topological polar surface area (TPSA) is 9.72 Å². The molecule has 1 saturated carbocycles. The minimum Gasteiger partial charge on any atom is -0.301 e. The van der Waals surface area contributed by atoms with Gasteiger partial charge in [-0.3, -0.25) is 9.80 Å². The van der Waals surface area contributed by atoms with E-state index in [9.17, 15) is 0 Å². The fourth-order valence-corrected chi connectivity index (χ4v) is 6.18. The molecule has 0 radical (unpaired) electrons. The lowest BCUT2D eigenvalue weighted by Crippen LogP contribution is -2.58. The Hall–Kier alpha value is -0.120. The van der Waals surface area contributed by atoms with Crippen molar-refractivity contribution in [3.8, 4) is 0 Å². The zero-order chi connectivity index (χ0) is 17.4. The van der Waals surface area contributed by atoms with Crippen LogP contribution in [-0.2, 0) is 0 Å². The van der Waals surface area contributed by atoms with Crippen LogP contribution in [-0.4, -0.2) is 71.6 Å². The third kappa shape index (κ3) is 4.09. The second-order valence-corrected chi connectivity index (χ2v) is 10.0. The first-order chi connectivity index (χ1) is 12.1. The van der Waals surface area contributed by atoms with E-state index in [1.165, 1.54) is 84.1 Å². The van der Waals surface area contributed by atoms with Crippen LogP contribution in [0.1, 0.15) is 72.1 Å². The lowest BCUT2D eigenvalue weighted by Gasteiger charge is -2.47. The summed E-state index contributed by atoms with van der Waals surface area (Å²) in [4.78, 5) is 8.54. The molecule has 0 amide bonds. The molecule has 3 nitrogen and oxygen atoms in total. The molecule has 2 atom stereocenters. The molecule has 4 aliphatic rings. The van der Waals surface area contributed by atoms with Gasteiger partial charge in [0.15, 0.2) is 0 Å². The molecule has 2 bridgehead atoms. The standard InChI is InChI=1S/C22H41N3/c1-17(2)23-12-10-19(11-13-23)14-25-21-8-9-22(25)16-24(15-21)20-6-4-18(3)5-7-20/h17-22H,4-16H2,1-3H3. The van der Waals surface area contributed by atoms with Crippen molar-refractivity contribution >= 4 is 0 Å². The molecule has 25 heavy (non-hydrogen) atoms. The van der Waals surface area contributed by atoms with Crippen LogP contribution in [0.25, 0.3) is 0 Å². The summed E-state index contributed by atoms with van der Waals surface area (Å²) < 4.78 is 0. The molecule has 3 heterocycles. The molecule has 3 heteroatoms. The molecule has 2 unspecified atom stereocenters. The molecule has 0 aromatic carbocycles. The quantitative estimate of drug-likeness (QED) is 0.765. The molecule has 144 valence electrons. The second-order valence-electron chi connectivity index (χ2n) is 10.0. The van der Waals surface area contributed by atoms with Crippen LogP contribution in [0.4, 0.5) is 0 Å². The minimum atomic E-state index is 0.735. The third-order valence-electron chi connectivity index (χ3n) is 8.01. The lowest BCUT2D eigenvalue weighted by atomic mass is 9.86. The number of hydrogen-bond donors (Lipinski definition) is 0. The van der Waals surface area contributed by atoms with Gasteiger partial charge in [-0.2, -0.15) is 0 Å². The van der Waals surface area contributed by atoms with E-state index in [-0.39, 0.29) is 0 Å². The fourth-order valence-electron chi connectivity index (χ4n) is 6.18. The molecular formula is C22H41N3. The van der Waals surface area contributed by atoms with Gasteiger partial charge in [-0.1, -0.05) is 6.92 Å². The number of fused-ring (bicyclic) bond motifs is 2. The Kier molecular flexibility index (Phi) is 5.74. The Balaban J connectivity index is 1.28. The summed E-state index contributed by atoms with van der Waals surface area (Å²) in [7, 11) is 0. The van der Waals surface area contributed by atoms with E-state index in [4.69, 9.17) is 0 Å². The smallest absolute Gasteiger partial charge is 0.0227 e. The molecule has 0 aromatic rings. The van der Waals surface area contributed by atoms with Gasteiger partial charge < -0.3 is 4.90 Å². The highest BCUT2D eigenvalue weighted by Crippen LogP contribution is 2.36. The van der Waals surface area contributed by atoms with Crippen molar-refractivity contribution < 1.29 is 0 Å². The minimum absolute atomic E-state index is 0.735. The van der Waals surface area contributed by atoms with Gasteiger partial charge in [-0.05, 0) is 90.1 Å². The summed E-state index contributed by atoms with van der Waals surface area (Å²) in [6, 6.07) is 3.40. The van der Waals surface area contributed by atoms with Gasteiger partial charge >= 0.3 is 0 Å². The van der Waals surface area contributed by atoms with Crippen molar-refractivity contribution in [2.75, 3.05) is 32.7 Å². The molecule has 4 rings (SSSR count). The van der Waals surface area contributed by atoms with Gasteiger partial charge in [-0.15, -0.1) is 0 Å². The Morgan fingerprint density at radius 2 is 1.32 bits per heavy atom. The third-order valence-corrected chi connectivity index (χ3v) is 8.01. The molecular weight excluding hydrogens is 306 g/mol. The van der Waals surface area contributed by atoms with Crippen LogP contribution in [0.5, 0.6) is 0 Å². The van der Waals surface area contributed by atoms with Crippen LogP contribution >= 0.6 is 0 Å². The monoisotopic (exact) mass is 347 g/mol. The van der Waals surface area contributed by atoms with Crippen molar-refractivity contribution in [1.29, 1.82) is 0 Å². The fraction of sp³-hybridized carbons (Fsp3) is 1.00. The number of piperidine rings is 1. The highest BCUT2D eigenvalue weighted by Gasteiger charge is 2.42. The zero-order valence-corrected chi connectivity index (χ0v) is 17.0. The second kappa shape index (κ2) is 7.86. The highest BCUT2D eigenvalue weighted by atomic mass is 15.3. The van der Waals surface area contributed by atoms with Gasteiger partial charge in [0.25, 0.3) is 0 Å². The van der Waals surface area contributed by atoms with Crippen molar-refractivity contribution in [2.24, 2.45) is 11.8 Å². The summed E-state index contributed by atoms with van der Waals surface area (Å²) in [5.41, 5.74) is 0. The van der Waals surface area contributed by atoms with Gasteiger partial charge in [0, 0.05) is 43.8 Å². The van der Waals surface area contributed by atoms with Crippen molar-refractivity contribution in [3.05, 3.63) is 0 Å². The van der Waals surface area contributed by atoms with Crippen molar-refractivity contribution in [3.63, 3.8) is 0 Å². The predicted molar refractivity (Wildman–Crippen MR) is 106 cm³/mol. The number of nitrogens with zero attached hydrogens (tertiary/aromatic N) is 3. The molecule has 1 aliphatic carbocycles. The molecule has 0 aromatic heterocycles. The molecule has 4 fully saturated rings. The Bertz CT molecular complexity index is 407. The average molecular weight is 348 g/mol. The van der Waals surface area contributed by atoms with E-state index in [0.29, 0.717) is 0 Å². The number of likely N-dealkylation sites (tertiary alicyclic amines) is 2. The van der Waals surface area contributed by atoms with Gasteiger partial charge in [0.1, 0.15) is 0 Å². The van der Waals surface area contributed by atoms with E-state index >= 15 is 0 Å². The van der Waals surface area contributed by atoms with Gasteiger partial charge in [0.2, 0.25) is 0 Å².